The first-order valence-electron chi connectivity index (χ1n) is 6.40. The summed E-state index contributed by atoms with van der Waals surface area (Å²) in [7, 11) is 1.63. The van der Waals surface area contributed by atoms with Gasteiger partial charge in [0, 0.05) is 37.3 Å². The quantitative estimate of drug-likeness (QED) is 0.890. The Morgan fingerprint density at radius 2 is 2.00 bits per heavy atom. The molecule has 4 heteroatoms. The number of hydrogen-bond donors (Lipinski definition) is 1. The summed E-state index contributed by atoms with van der Waals surface area (Å²) in [6, 6.07) is 5.60. The van der Waals surface area contributed by atoms with E-state index in [2.05, 4.69) is 24.1 Å². The molecule has 1 aromatic carbocycles. The van der Waals surface area contributed by atoms with Crippen LogP contribution in [-0.2, 0) is 6.54 Å². The van der Waals surface area contributed by atoms with Gasteiger partial charge in [0.1, 0.15) is 11.6 Å². The van der Waals surface area contributed by atoms with Crippen LogP contribution in [0.2, 0.25) is 0 Å². The van der Waals surface area contributed by atoms with Crippen molar-refractivity contribution >= 4 is 0 Å². The van der Waals surface area contributed by atoms with E-state index >= 15 is 0 Å². The lowest BCUT2D eigenvalue weighted by molar-refractivity contribution is 0.107. The van der Waals surface area contributed by atoms with E-state index in [4.69, 9.17) is 4.74 Å². The van der Waals surface area contributed by atoms with Crippen molar-refractivity contribution in [2.24, 2.45) is 0 Å². The van der Waals surface area contributed by atoms with Crippen molar-refractivity contribution < 1.29 is 9.13 Å². The fourth-order valence-corrected chi connectivity index (χ4v) is 2.55. The smallest absolute Gasteiger partial charge is 0.123 e. The molecule has 0 bridgehead atoms. The van der Waals surface area contributed by atoms with Gasteiger partial charge in [0.05, 0.1) is 7.11 Å². The summed E-state index contributed by atoms with van der Waals surface area (Å²) in [5.41, 5.74) is 0.915. The highest BCUT2D eigenvalue weighted by molar-refractivity contribution is 5.34. The van der Waals surface area contributed by atoms with Gasteiger partial charge in [-0.2, -0.15) is 0 Å². The van der Waals surface area contributed by atoms with Crippen molar-refractivity contribution in [2.75, 3.05) is 20.2 Å². The molecule has 1 fully saturated rings. The standard InChI is InChI=1S/C14H21FN2O/c1-10-7-16-8-11(2)17(10)9-12-6-13(15)4-5-14(12)18-3/h4-6,10-11,16H,7-9H2,1-3H3. The highest BCUT2D eigenvalue weighted by atomic mass is 19.1. The maximum Gasteiger partial charge on any atom is 0.123 e. The van der Waals surface area contributed by atoms with Crippen molar-refractivity contribution in [1.82, 2.24) is 10.2 Å². The molecule has 1 aliphatic heterocycles. The third-order valence-electron chi connectivity index (χ3n) is 3.61. The molecule has 0 aliphatic carbocycles. The molecule has 18 heavy (non-hydrogen) atoms. The van der Waals surface area contributed by atoms with Gasteiger partial charge < -0.3 is 10.1 Å². The first-order chi connectivity index (χ1) is 8.61. The van der Waals surface area contributed by atoms with Gasteiger partial charge in [-0.1, -0.05) is 0 Å². The van der Waals surface area contributed by atoms with Crippen LogP contribution in [0.15, 0.2) is 18.2 Å². The first kappa shape index (κ1) is 13.3. The second-order valence-electron chi connectivity index (χ2n) is 4.98. The number of nitrogens with zero attached hydrogens (tertiary/aromatic N) is 1. The Labute approximate surface area is 108 Å². The Bertz CT molecular complexity index is 401. The number of piperazine rings is 1. The minimum Gasteiger partial charge on any atom is -0.496 e. The van der Waals surface area contributed by atoms with Crippen LogP contribution in [0.25, 0.3) is 0 Å². The third-order valence-corrected chi connectivity index (χ3v) is 3.61. The second-order valence-corrected chi connectivity index (χ2v) is 4.98. The zero-order valence-corrected chi connectivity index (χ0v) is 11.2. The van der Waals surface area contributed by atoms with Crippen LogP contribution < -0.4 is 10.1 Å². The number of methoxy groups -OCH3 is 1. The zero-order chi connectivity index (χ0) is 13.1. The highest BCUT2D eigenvalue weighted by Gasteiger charge is 2.25. The summed E-state index contributed by atoms with van der Waals surface area (Å²) >= 11 is 0. The summed E-state index contributed by atoms with van der Waals surface area (Å²) in [5.74, 6) is 0.551. The Morgan fingerprint density at radius 3 is 2.61 bits per heavy atom. The Hall–Kier alpha value is -1.13. The van der Waals surface area contributed by atoms with Gasteiger partial charge in [-0.15, -0.1) is 0 Å². The second kappa shape index (κ2) is 5.67. The lowest BCUT2D eigenvalue weighted by Gasteiger charge is -2.39. The normalized spacial score (nSPS) is 25.1. The molecule has 1 heterocycles. The average molecular weight is 252 g/mol. The van der Waals surface area contributed by atoms with E-state index in [1.165, 1.54) is 6.07 Å². The molecule has 100 valence electrons. The average Bonchev–Trinajstić information content (AvgIpc) is 2.34. The van der Waals surface area contributed by atoms with Crippen LogP contribution in [-0.4, -0.2) is 37.2 Å². The molecular weight excluding hydrogens is 231 g/mol. The maximum absolute atomic E-state index is 13.3. The van der Waals surface area contributed by atoms with Crippen LogP contribution in [0.1, 0.15) is 19.4 Å². The fraction of sp³-hybridized carbons (Fsp3) is 0.571. The van der Waals surface area contributed by atoms with E-state index in [0.29, 0.717) is 12.1 Å². The van der Waals surface area contributed by atoms with Crippen LogP contribution in [0.5, 0.6) is 5.75 Å². The molecule has 0 radical (unpaired) electrons. The number of rotatable bonds is 3. The minimum absolute atomic E-state index is 0.207. The molecule has 1 aromatic rings. The van der Waals surface area contributed by atoms with Crippen molar-refractivity contribution in [3.8, 4) is 5.75 Å². The van der Waals surface area contributed by atoms with Gasteiger partial charge in [-0.3, -0.25) is 4.90 Å². The summed E-state index contributed by atoms with van der Waals surface area (Å²) in [6.07, 6.45) is 0. The molecule has 1 N–H and O–H groups in total. The van der Waals surface area contributed by atoms with Crippen molar-refractivity contribution in [3.63, 3.8) is 0 Å². The molecule has 2 atom stereocenters. The lowest BCUT2D eigenvalue weighted by atomic mass is 10.1. The number of ether oxygens (including phenoxy) is 1. The predicted molar refractivity (Wildman–Crippen MR) is 70.3 cm³/mol. The van der Waals surface area contributed by atoms with Crippen molar-refractivity contribution in [2.45, 2.75) is 32.5 Å². The summed E-state index contributed by atoms with van der Waals surface area (Å²) in [4.78, 5) is 2.38. The molecule has 0 aromatic heterocycles. The maximum atomic E-state index is 13.3. The van der Waals surface area contributed by atoms with Gasteiger partial charge in [-0.25, -0.2) is 4.39 Å². The van der Waals surface area contributed by atoms with E-state index < -0.39 is 0 Å². The lowest BCUT2D eigenvalue weighted by Crippen LogP contribution is -2.54. The number of nitrogens with one attached hydrogen (secondary N) is 1. The molecular formula is C14H21FN2O. The molecule has 0 saturated carbocycles. The number of hydrogen-bond acceptors (Lipinski definition) is 3. The van der Waals surface area contributed by atoms with Gasteiger partial charge in [0.15, 0.2) is 0 Å². The van der Waals surface area contributed by atoms with Crippen LogP contribution in [0.4, 0.5) is 4.39 Å². The van der Waals surface area contributed by atoms with Crippen LogP contribution in [0.3, 0.4) is 0 Å². The SMILES string of the molecule is COc1ccc(F)cc1CN1C(C)CNCC1C. The predicted octanol–water partition coefficient (Wildman–Crippen LogP) is 2.02. The molecule has 0 spiro atoms. The summed E-state index contributed by atoms with van der Waals surface area (Å²) < 4.78 is 18.6. The van der Waals surface area contributed by atoms with Crippen LogP contribution in [0, 0.1) is 5.82 Å². The molecule has 3 nitrogen and oxygen atoms in total. The van der Waals surface area contributed by atoms with E-state index in [9.17, 15) is 4.39 Å². The molecule has 1 saturated heterocycles. The van der Waals surface area contributed by atoms with Crippen LogP contribution >= 0.6 is 0 Å². The van der Waals surface area contributed by atoms with E-state index in [0.717, 1.165) is 30.9 Å². The minimum atomic E-state index is -0.207. The van der Waals surface area contributed by atoms with E-state index in [-0.39, 0.29) is 5.82 Å². The van der Waals surface area contributed by atoms with Crippen molar-refractivity contribution in [1.29, 1.82) is 0 Å². The van der Waals surface area contributed by atoms with E-state index in [1.54, 1.807) is 19.2 Å². The van der Waals surface area contributed by atoms with Gasteiger partial charge in [-0.05, 0) is 32.0 Å². The van der Waals surface area contributed by atoms with Gasteiger partial charge >= 0.3 is 0 Å². The zero-order valence-electron chi connectivity index (χ0n) is 11.2. The topological polar surface area (TPSA) is 24.5 Å². The molecule has 0 amide bonds. The molecule has 2 unspecified atom stereocenters. The monoisotopic (exact) mass is 252 g/mol. The number of halogens is 1. The molecule has 1 aliphatic rings. The Balaban J connectivity index is 2.19. The summed E-state index contributed by atoms with van der Waals surface area (Å²) in [5, 5.41) is 3.39. The fourth-order valence-electron chi connectivity index (χ4n) is 2.55. The Morgan fingerprint density at radius 1 is 1.33 bits per heavy atom. The van der Waals surface area contributed by atoms with Crippen molar-refractivity contribution in [3.05, 3.63) is 29.6 Å². The van der Waals surface area contributed by atoms with E-state index in [1.807, 2.05) is 0 Å². The highest BCUT2D eigenvalue weighted by Crippen LogP contribution is 2.23. The molecule has 2 rings (SSSR count). The van der Waals surface area contributed by atoms with Gasteiger partial charge in [0.25, 0.3) is 0 Å². The summed E-state index contributed by atoms with van der Waals surface area (Å²) in [6.45, 7) is 7.05. The number of benzene rings is 1. The third kappa shape index (κ3) is 2.82. The Kier molecular flexibility index (Phi) is 4.19. The first-order valence-corrected chi connectivity index (χ1v) is 6.40. The van der Waals surface area contributed by atoms with Gasteiger partial charge in [0.2, 0.25) is 0 Å². The largest absolute Gasteiger partial charge is 0.496 e.